The molecule has 2 aliphatic carbocycles. The van der Waals surface area contributed by atoms with E-state index in [2.05, 4.69) is 24.5 Å². The van der Waals surface area contributed by atoms with Crippen LogP contribution in [-0.2, 0) is 0 Å². The lowest BCUT2D eigenvalue weighted by Crippen LogP contribution is -2.32. The topological polar surface area (TPSA) is 24.1 Å². The molecule has 0 aliphatic heterocycles. The first-order valence-electron chi connectivity index (χ1n) is 6.73. The average Bonchev–Trinajstić information content (AvgIpc) is 2.91. The third-order valence-electron chi connectivity index (χ3n) is 4.07. The quantitative estimate of drug-likeness (QED) is 0.655. The van der Waals surface area contributed by atoms with Gasteiger partial charge in [0.2, 0.25) is 0 Å². The summed E-state index contributed by atoms with van der Waals surface area (Å²) in [5.41, 5.74) is 0. The maximum Gasteiger partial charge on any atom is 0.00790 e. The van der Waals surface area contributed by atoms with Gasteiger partial charge in [0, 0.05) is 19.1 Å². The van der Waals surface area contributed by atoms with Gasteiger partial charge in [0.15, 0.2) is 0 Å². The van der Waals surface area contributed by atoms with Gasteiger partial charge in [-0.25, -0.2) is 0 Å². The second-order valence-corrected chi connectivity index (χ2v) is 5.59. The minimum atomic E-state index is 0.621. The smallest absolute Gasteiger partial charge is 0.00790 e. The second-order valence-electron chi connectivity index (χ2n) is 5.59. The van der Waals surface area contributed by atoms with Crippen LogP contribution in [0.5, 0.6) is 0 Å². The van der Waals surface area contributed by atoms with E-state index in [1.165, 1.54) is 32.2 Å². The van der Waals surface area contributed by atoms with Crippen molar-refractivity contribution in [2.24, 2.45) is 17.8 Å². The van der Waals surface area contributed by atoms with Crippen LogP contribution in [0.3, 0.4) is 0 Å². The lowest BCUT2D eigenvalue weighted by Gasteiger charge is -2.08. The van der Waals surface area contributed by atoms with Crippen LogP contribution in [-0.4, -0.2) is 25.7 Å². The van der Waals surface area contributed by atoms with Crippen LogP contribution in [0.2, 0.25) is 0 Å². The third kappa shape index (κ3) is 3.18. The van der Waals surface area contributed by atoms with E-state index in [0.29, 0.717) is 6.04 Å². The molecule has 88 valence electrons. The Morgan fingerprint density at radius 3 is 2.33 bits per heavy atom. The standard InChI is InChI=1S/C13H26N2/c1-10(2)15-8-7-14-9-13-11-5-3-4-6-12(11)13/h10-15H,3-9H2,1-2H3. The van der Waals surface area contributed by atoms with Crippen molar-refractivity contribution >= 4 is 0 Å². The molecule has 0 spiro atoms. The zero-order chi connectivity index (χ0) is 10.7. The molecule has 0 bridgehead atoms. The molecule has 2 rings (SSSR count). The summed E-state index contributed by atoms with van der Waals surface area (Å²) in [4.78, 5) is 0. The van der Waals surface area contributed by atoms with E-state index >= 15 is 0 Å². The zero-order valence-electron chi connectivity index (χ0n) is 10.3. The van der Waals surface area contributed by atoms with Crippen LogP contribution >= 0.6 is 0 Å². The molecule has 2 fully saturated rings. The Hall–Kier alpha value is -0.0800. The molecule has 2 atom stereocenters. The maximum absolute atomic E-state index is 3.60. The monoisotopic (exact) mass is 210 g/mol. The number of hydrogen-bond donors (Lipinski definition) is 2. The summed E-state index contributed by atoms with van der Waals surface area (Å²) in [6, 6.07) is 0.621. The number of hydrogen-bond acceptors (Lipinski definition) is 2. The predicted molar refractivity (Wildman–Crippen MR) is 64.9 cm³/mol. The Balaban J connectivity index is 1.49. The normalized spacial score (nSPS) is 34.2. The zero-order valence-corrected chi connectivity index (χ0v) is 10.3. The molecule has 15 heavy (non-hydrogen) atoms. The predicted octanol–water partition coefficient (Wildman–Crippen LogP) is 2.01. The fourth-order valence-electron chi connectivity index (χ4n) is 3.16. The molecule has 2 N–H and O–H groups in total. The van der Waals surface area contributed by atoms with Gasteiger partial charge >= 0.3 is 0 Å². The van der Waals surface area contributed by atoms with Gasteiger partial charge in [0.25, 0.3) is 0 Å². The molecule has 2 saturated carbocycles. The molecular formula is C13H26N2. The van der Waals surface area contributed by atoms with Crippen LogP contribution in [0.1, 0.15) is 39.5 Å². The third-order valence-corrected chi connectivity index (χ3v) is 4.07. The van der Waals surface area contributed by atoms with Crippen molar-refractivity contribution in [3.05, 3.63) is 0 Å². The average molecular weight is 210 g/mol. The molecule has 0 saturated heterocycles. The number of rotatable bonds is 6. The first-order valence-corrected chi connectivity index (χ1v) is 6.73. The lowest BCUT2D eigenvalue weighted by molar-refractivity contribution is 0.480. The molecule has 2 unspecified atom stereocenters. The van der Waals surface area contributed by atoms with Crippen molar-refractivity contribution in [1.29, 1.82) is 0 Å². The van der Waals surface area contributed by atoms with Crippen LogP contribution in [0.15, 0.2) is 0 Å². The molecule has 2 nitrogen and oxygen atoms in total. The maximum atomic E-state index is 3.60. The highest BCUT2D eigenvalue weighted by Gasteiger charge is 2.49. The molecular weight excluding hydrogens is 184 g/mol. The first kappa shape index (κ1) is 11.4. The molecule has 0 heterocycles. The Morgan fingerprint density at radius 1 is 1.07 bits per heavy atom. The molecule has 0 amide bonds. The highest BCUT2D eigenvalue weighted by molar-refractivity contribution is 4.99. The van der Waals surface area contributed by atoms with E-state index in [1.807, 2.05) is 0 Å². The van der Waals surface area contributed by atoms with Crippen molar-refractivity contribution in [3.63, 3.8) is 0 Å². The van der Waals surface area contributed by atoms with Crippen LogP contribution < -0.4 is 10.6 Å². The van der Waals surface area contributed by atoms with E-state index in [9.17, 15) is 0 Å². The Bertz CT molecular complexity index is 179. The van der Waals surface area contributed by atoms with Gasteiger partial charge in [0.1, 0.15) is 0 Å². The summed E-state index contributed by atoms with van der Waals surface area (Å²) in [7, 11) is 0. The summed E-state index contributed by atoms with van der Waals surface area (Å²) in [5.74, 6) is 3.24. The van der Waals surface area contributed by atoms with Crippen molar-refractivity contribution in [2.45, 2.75) is 45.6 Å². The second kappa shape index (κ2) is 5.31. The molecule has 0 radical (unpaired) electrons. The molecule has 0 aromatic carbocycles. The van der Waals surface area contributed by atoms with Gasteiger partial charge in [-0.15, -0.1) is 0 Å². The summed E-state index contributed by atoms with van der Waals surface area (Å²) in [6.07, 6.45) is 6.02. The largest absolute Gasteiger partial charge is 0.315 e. The van der Waals surface area contributed by atoms with E-state index < -0.39 is 0 Å². The molecule has 0 aromatic heterocycles. The Labute approximate surface area is 94.2 Å². The van der Waals surface area contributed by atoms with Gasteiger partial charge in [-0.3, -0.25) is 0 Å². The first-order chi connectivity index (χ1) is 7.29. The summed E-state index contributed by atoms with van der Waals surface area (Å²) >= 11 is 0. The summed E-state index contributed by atoms with van der Waals surface area (Å²) in [5, 5.41) is 7.04. The SMILES string of the molecule is CC(C)NCCNCC1C2CCCCC21. The van der Waals surface area contributed by atoms with Crippen molar-refractivity contribution in [3.8, 4) is 0 Å². The Kier molecular flexibility index (Phi) is 4.04. The molecule has 2 heteroatoms. The fraction of sp³-hybridized carbons (Fsp3) is 1.00. The molecule has 0 aromatic rings. The van der Waals surface area contributed by atoms with E-state index in [-0.39, 0.29) is 0 Å². The van der Waals surface area contributed by atoms with E-state index in [4.69, 9.17) is 0 Å². The number of nitrogens with one attached hydrogen (secondary N) is 2. The molecule has 2 aliphatic rings. The van der Waals surface area contributed by atoms with Gasteiger partial charge in [-0.05, 0) is 37.1 Å². The van der Waals surface area contributed by atoms with Gasteiger partial charge in [-0.2, -0.15) is 0 Å². The van der Waals surface area contributed by atoms with Gasteiger partial charge in [0.05, 0.1) is 0 Å². The van der Waals surface area contributed by atoms with E-state index in [0.717, 1.165) is 30.8 Å². The van der Waals surface area contributed by atoms with E-state index in [1.54, 1.807) is 0 Å². The van der Waals surface area contributed by atoms with Crippen LogP contribution in [0.25, 0.3) is 0 Å². The van der Waals surface area contributed by atoms with Crippen LogP contribution in [0.4, 0.5) is 0 Å². The van der Waals surface area contributed by atoms with Crippen LogP contribution in [0, 0.1) is 17.8 Å². The van der Waals surface area contributed by atoms with Crippen molar-refractivity contribution in [2.75, 3.05) is 19.6 Å². The van der Waals surface area contributed by atoms with Crippen molar-refractivity contribution < 1.29 is 0 Å². The van der Waals surface area contributed by atoms with Gasteiger partial charge in [-0.1, -0.05) is 26.7 Å². The minimum Gasteiger partial charge on any atom is -0.315 e. The highest BCUT2D eigenvalue weighted by Crippen LogP contribution is 2.54. The summed E-state index contributed by atoms with van der Waals surface area (Å²) < 4.78 is 0. The number of fused-ring (bicyclic) bond motifs is 1. The Morgan fingerprint density at radius 2 is 1.73 bits per heavy atom. The van der Waals surface area contributed by atoms with Gasteiger partial charge < -0.3 is 10.6 Å². The van der Waals surface area contributed by atoms with Crippen molar-refractivity contribution in [1.82, 2.24) is 10.6 Å². The highest BCUT2D eigenvalue weighted by atomic mass is 15.0. The lowest BCUT2D eigenvalue weighted by atomic mass is 10.0. The fourth-order valence-corrected chi connectivity index (χ4v) is 3.16. The summed E-state index contributed by atoms with van der Waals surface area (Å²) in [6.45, 7) is 7.92. The minimum absolute atomic E-state index is 0.621.